The van der Waals surface area contributed by atoms with E-state index in [-0.39, 0.29) is 16.1 Å². The molecule has 0 amide bonds. The van der Waals surface area contributed by atoms with Gasteiger partial charge in [-0.2, -0.15) is 0 Å². The molecule has 2 atom stereocenters. The van der Waals surface area contributed by atoms with E-state index in [0.717, 1.165) is 12.5 Å². The first kappa shape index (κ1) is 14.3. The van der Waals surface area contributed by atoms with Gasteiger partial charge >= 0.3 is 0 Å². The second-order valence-electron chi connectivity index (χ2n) is 5.37. The van der Waals surface area contributed by atoms with Crippen molar-refractivity contribution < 1.29 is 12.8 Å². The van der Waals surface area contributed by atoms with Crippen molar-refractivity contribution in [3.8, 4) is 0 Å². The predicted molar refractivity (Wildman–Crippen MR) is 72.7 cm³/mol. The lowest BCUT2D eigenvalue weighted by Crippen LogP contribution is -2.28. The van der Waals surface area contributed by atoms with Crippen molar-refractivity contribution in [1.29, 1.82) is 0 Å². The number of hydrogen-bond acceptors (Lipinski definition) is 3. The molecule has 0 heterocycles. The summed E-state index contributed by atoms with van der Waals surface area (Å²) in [5, 5.41) is 0. The Hall–Kier alpha value is -1.14. The molecule has 1 aromatic rings. The molecule has 1 fully saturated rings. The predicted octanol–water partition coefficient (Wildman–Crippen LogP) is 1.96. The molecular formula is C13H19FN2O2S. The zero-order valence-electron chi connectivity index (χ0n) is 11.3. The summed E-state index contributed by atoms with van der Waals surface area (Å²) >= 11 is 0. The monoisotopic (exact) mass is 286 g/mol. The largest absolute Gasteiger partial charge is 0.396 e. The second-order valence-corrected chi connectivity index (χ2v) is 7.07. The number of nitrogen functional groups attached to an aromatic ring is 1. The topological polar surface area (TPSA) is 72.2 Å². The number of aryl methyl sites for hydroxylation is 1. The van der Waals surface area contributed by atoms with E-state index in [1.165, 1.54) is 6.92 Å². The Balaban J connectivity index is 2.32. The minimum Gasteiger partial charge on any atom is -0.396 e. The first-order valence-corrected chi connectivity index (χ1v) is 7.77. The van der Waals surface area contributed by atoms with Gasteiger partial charge in [-0.25, -0.2) is 17.5 Å². The molecule has 3 N–H and O–H groups in total. The molecule has 2 rings (SSSR count). The highest BCUT2D eigenvalue weighted by Gasteiger charge is 2.34. The zero-order valence-corrected chi connectivity index (χ0v) is 12.1. The molecule has 0 saturated heterocycles. The van der Waals surface area contributed by atoms with Crippen molar-refractivity contribution in [2.24, 2.45) is 11.8 Å². The Kier molecular flexibility index (Phi) is 3.57. The normalized spacial score (nSPS) is 22.5. The number of halogens is 1. The van der Waals surface area contributed by atoms with Crippen LogP contribution in [-0.2, 0) is 10.0 Å². The zero-order chi connectivity index (χ0) is 14.4. The van der Waals surface area contributed by atoms with Gasteiger partial charge in [0.1, 0.15) is 5.82 Å². The van der Waals surface area contributed by atoms with E-state index in [0.29, 0.717) is 23.9 Å². The van der Waals surface area contributed by atoms with Gasteiger partial charge in [0.05, 0.1) is 10.6 Å². The summed E-state index contributed by atoms with van der Waals surface area (Å²) in [6.07, 6.45) is 1.05. The number of anilines is 1. The summed E-state index contributed by atoms with van der Waals surface area (Å²) in [4.78, 5) is 0.0969. The fraction of sp³-hybridized carbons (Fsp3) is 0.538. The quantitative estimate of drug-likeness (QED) is 0.831. The average molecular weight is 286 g/mol. The molecule has 0 bridgehead atoms. The van der Waals surface area contributed by atoms with Crippen LogP contribution in [-0.4, -0.2) is 15.0 Å². The maximum absolute atomic E-state index is 13.4. The van der Waals surface area contributed by atoms with Crippen LogP contribution in [0.15, 0.2) is 11.0 Å². The lowest BCUT2D eigenvalue weighted by molar-refractivity contribution is 0.572. The van der Waals surface area contributed by atoms with Crippen LogP contribution in [0.2, 0.25) is 0 Å². The molecule has 19 heavy (non-hydrogen) atoms. The average Bonchev–Trinajstić information content (AvgIpc) is 3.00. The Labute approximate surface area is 113 Å². The van der Waals surface area contributed by atoms with E-state index >= 15 is 0 Å². The number of benzene rings is 1. The van der Waals surface area contributed by atoms with Crippen LogP contribution in [0.5, 0.6) is 0 Å². The number of hydrogen-bond donors (Lipinski definition) is 2. The van der Waals surface area contributed by atoms with E-state index in [2.05, 4.69) is 11.6 Å². The summed E-state index contributed by atoms with van der Waals surface area (Å²) in [7, 11) is -3.64. The van der Waals surface area contributed by atoms with Crippen molar-refractivity contribution in [3.63, 3.8) is 0 Å². The molecule has 106 valence electrons. The third-order valence-electron chi connectivity index (χ3n) is 3.78. The maximum atomic E-state index is 13.4. The standard InChI is InChI=1S/C13H19FN2O2S/c1-7-4-10(7)6-16-19(17,18)13-8(2)5-11(14)12(15)9(13)3/h5,7,10,16H,4,6,15H2,1-3H3. The Morgan fingerprint density at radius 3 is 2.58 bits per heavy atom. The smallest absolute Gasteiger partial charge is 0.241 e. The van der Waals surface area contributed by atoms with Gasteiger partial charge in [-0.05, 0) is 49.3 Å². The fourth-order valence-corrected chi connectivity index (χ4v) is 3.89. The van der Waals surface area contributed by atoms with E-state index in [1.54, 1.807) is 6.92 Å². The molecule has 0 radical (unpaired) electrons. The van der Waals surface area contributed by atoms with E-state index in [9.17, 15) is 12.8 Å². The van der Waals surface area contributed by atoms with Gasteiger partial charge in [0.15, 0.2) is 0 Å². The lowest BCUT2D eigenvalue weighted by Gasteiger charge is -2.14. The molecule has 1 saturated carbocycles. The van der Waals surface area contributed by atoms with E-state index < -0.39 is 15.8 Å². The molecule has 6 heteroatoms. The molecule has 1 aliphatic carbocycles. The van der Waals surface area contributed by atoms with Crippen molar-refractivity contribution >= 4 is 15.7 Å². The molecule has 1 aliphatic rings. The van der Waals surface area contributed by atoms with Crippen LogP contribution in [0, 0.1) is 31.5 Å². The molecule has 2 unspecified atom stereocenters. The van der Waals surface area contributed by atoms with Gasteiger partial charge in [-0.1, -0.05) is 6.92 Å². The first-order valence-electron chi connectivity index (χ1n) is 6.29. The first-order chi connectivity index (χ1) is 8.74. The van der Waals surface area contributed by atoms with Crippen molar-refractivity contribution in [2.75, 3.05) is 12.3 Å². The SMILES string of the molecule is Cc1cc(F)c(N)c(C)c1S(=O)(=O)NCC1CC1C. The number of rotatable bonds is 4. The molecule has 0 aromatic heterocycles. The molecule has 0 spiro atoms. The van der Waals surface area contributed by atoms with Gasteiger partial charge in [-0.15, -0.1) is 0 Å². The van der Waals surface area contributed by atoms with E-state index in [4.69, 9.17) is 5.73 Å². The van der Waals surface area contributed by atoms with Crippen LogP contribution in [0.4, 0.5) is 10.1 Å². The Morgan fingerprint density at radius 2 is 2.05 bits per heavy atom. The van der Waals surface area contributed by atoms with Gasteiger partial charge < -0.3 is 5.73 Å². The Bertz CT molecular complexity index is 614. The summed E-state index contributed by atoms with van der Waals surface area (Å²) < 4.78 is 40.6. The summed E-state index contributed by atoms with van der Waals surface area (Å²) in [6, 6.07) is 1.16. The minimum absolute atomic E-state index is 0.0969. The minimum atomic E-state index is -3.64. The molecule has 1 aromatic carbocycles. The third kappa shape index (κ3) is 2.74. The third-order valence-corrected chi connectivity index (χ3v) is 5.50. The highest BCUT2D eigenvalue weighted by atomic mass is 32.2. The molecule has 0 aliphatic heterocycles. The van der Waals surface area contributed by atoms with E-state index in [1.807, 2.05) is 0 Å². The van der Waals surface area contributed by atoms with Crippen molar-refractivity contribution in [3.05, 3.63) is 23.0 Å². The summed E-state index contributed by atoms with van der Waals surface area (Å²) in [5.74, 6) is 0.404. The van der Waals surface area contributed by atoms with Crippen LogP contribution < -0.4 is 10.5 Å². The van der Waals surface area contributed by atoms with Crippen LogP contribution in [0.1, 0.15) is 24.5 Å². The van der Waals surface area contributed by atoms with Gasteiger partial charge in [0, 0.05) is 6.54 Å². The van der Waals surface area contributed by atoms with Crippen LogP contribution >= 0.6 is 0 Å². The summed E-state index contributed by atoms with van der Waals surface area (Å²) in [6.45, 7) is 5.62. The Morgan fingerprint density at radius 1 is 1.47 bits per heavy atom. The highest BCUT2D eigenvalue weighted by molar-refractivity contribution is 7.89. The summed E-state index contributed by atoms with van der Waals surface area (Å²) in [5.41, 5.74) is 6.11. The van der Waals surface area contributed by atoms with Crippen LogP contribution in [0.25, 0.3) is 0 Å². The van der Waals surface area contributed by atoms with Gasteiger partial charge in [0.25, 0.3) is 0 Å². The van der Waals surface area contributed by atoms with Crippen molar-refractivity contribution in [2.45, 2.75) is 32.1 Å². The number of nitrogens with two attached hydrogens (primary N) is 1. The molecule has 4 nitrogen and oxygen atoms in total. The van der Waals surface area contributed by atoms with Crippen LogP contribution in [0.3, 0.4) is 0 Å². The van der Waals surface area contributed by atoms with Gasteiger partial charge in [-0.3, -0.25) is 0 Å². The highest BCUT2D eigenvalue weighted by Crippen LogP contribution is 2.37. The van der Waals surface area contributed by atoms with Crippen molar-refractivity contribution in [1.82, 2.24) is 4.72 Å². The number of nitrogens with one attached hydrogen (secondary N) is 1. The van der Waals surface area contributed by atoms with Gasteiger partial charge in [0.2, 0.25) is 10.0 Å². The fourth-order valence-electron chi connectivity index (χ4n) is 2.32. The lowest BCUT2D eigenvalue weighted by atomic mass is 10.1. The second kappa shape index (κ2) is 4.76. The number of sulfonamides is 1. The maximum Gasteiger partial charge on any atom is 0.241 e. The molecular weight excluding hydrogens is 267 g/mol.